The fraction of sp³-hybridized carbons (Fsp3) is 0.250. The molecule has 0 spiro atoms. The largest absolute Gasteiger partial charge is 0.372 e. The topological polar surface area (TPSA) is 38.3 Å². The number of carbonyl (C=O) groups excluding carboxylic acids is 1. The third kappa shape index (κ3) is 5.18. The number of hydrogen-bond donors (Lipinski definition) is 1. The summed E-state index contributed by atoms with van der Waals surface area (Å²) >= 11 is 1.67. The number of amides is 1. The van der Waals surface area contributed by atoms with Gasteiger partial charge in [-0.15, -0.1) is 11.8 Å². The zero-order chi connectivity index (χ0) is 18.3. The minimum atomic E-state index is -0.936. The predicted molar refractivity (Wildman–Crippen MR) is 101 cm³/mol. The second kappa shape index (κ2) is 8.83. The highest BCUT2D eigenvalue weighted by Crippen LogP contribution is 2.26. The van der Waals surface area contributed by atoms with Gasteiger partial charge in [0.25, 0.3) is 0 Å². The third-order valence-electron chi connectivity index (χ3n) is 4.04. The van der Waals surface area contributed by atoms with Crippen molar-refractivity contribution in [3.8, 4) is 0 Å². The number of halogens is 1. The fourth-order valence-electron chi connectivity index (χ4n) is 2.37. The predicted octanol–water partition coefficient (Wildman–Crippen LogP) is 4.24. The van der Waals surface area contributed by atoms with Crippen LogP contribution in [-0.4, -0.2) is 25.8 Å². The van der Waals surface area contributed by atoms with Crippen molar-refractivity contribution in [1.29, 1.82) is 0 Å². The molecule has 0 aromatic heterocycles. The summed E-state index contributed by atoms with van der Waals surface area (Å²) in [4.78, 5) is 13.2. The Morgan fingerprint density at radius 3 is 2.52 bits per heavy atom. The van der Waals surface area contributed by atoms with Crippen LogP contribution in [0.15, 0.2) is 59.5 Å². The number of hydrogen-bond acceptors (Lipinski definition) is 3. The van der Waals surface area contributed by atoms with E-state index in [1.54, 1.807) is 43.0 Å². The van der Waals surface area contributed by atoms with Gasteiger partial charge in [-0.1, -0.05) is 30.3 Å². The normalized spacial score (nSPS) is 13.6. The standard InChI is InChI=1S/C20H22FNO2S/c1-20(24-2,17-6-4-5-7-18(17)21)14-22-19(23)13-10-15-8-11-16(25-3)12-9-15/h4-13H,14H2,1-3H3,(H,22,23)/b13-10+. The number of carbonyl (C=O) groups is 1. The first-order valence-corrected chi connectivity index (χ1v) is 9.11. The van der Waals surface area contributed by atoms with Gasteiger partial charge in [0.15, 0.2) is 0 Å². The van der Waals surface area contributed by atoms with Gasteiger partial charge >= 0.3 is 0 Å². The van der Waals surface area contributed by atoms with E-state index in [0.29, 0.717) is 5.56 Å². The van der Waals surface area contributed by atoms with Crippen LogP contribution in [0.4, 0.5) is 4.39 Å². The lowest BCUT2D eigenvalue weighted by Gasteiger charge is -2.29. The van der Waals surface area contributed by atoms with E-state index in [1.807, 2.05) is 30.5 Å². The lowest BCUT2D eigenvalue weighted by atomic mass is 9.95. The summed E-state index contributed by atoms with van der Waals surface area (Å²) < 4.78 is 19.5. The van der Waals surface area contributed by atoms with Crippen LogP contribution in [0.3, 0.4) is 0 Å². The zero-order valence-corrected chi connectivity index (χ0v) is 15.4. The van der Waals surface area contributed by atoms with E-state index in [0.717, 1.165) is 5.56 Å². The number of benzene rings is 2. The van der Waals surface area contributed by atoms with Crippen LogP contribution in [0.1, 0.15) is 18.1 Å². The third-order valence-corrected chi connectivity index (χ3v) is 4.78. The van der Waals surface area contributed by atoms with Crippen LogP contribution in [-0.2, 0) is 15.1 Å². The monoisotopic (exact) mass is 359 g/mol. The van der Waals surface area contributed by atoms with Crippen molar-refractivity contribution in [2.75, 3.05) is 19.9 Å². The van der Waals surface area contributed by atoms with E-state index in [9.17, 15) is 9.18 Å². The van der Waals surface area contributed by atoms with Crippen LogP contribution in [0.25, 0.3) is 6.08 Å². The molecule has 1 N–H and O–H groups in total. The maximum atomic E-state index is 14.0. The Bertz CT molecular complexity index is 746. The highest BCUT2D eigenvalue weighted by molar-refractivity contribution is 7.98. The summed E-state index contributed by atoms with van der Waals surface area (Å²) in [6.45, 7) is 1.91. The average Bonchev–Trinajstić information content (AvgIpc) is 2.65. The molecule has 132 valence electrons. The van der Waals surface area contributed by atoms with Crippen molar-refractivity contribution in [3.63, 3.8) is 0 Å². The molecule has 0 radical (unpaired) electrons. The van der Waals surface area contributed by atoms with Gasteiger partial charge in [-0.05, 0) is 43.0 Å². The van der Waals surface area contributed by atoms with Crippen molar-refractivity contribution < 1.29 is 13.9 Å². The summed E-state index contributed by atoms with van der Waals surface area (Å²) in [7, 11) is 1.50. The molecule has 3 nitrogen and oxygen atoms in total. The molecule has 2 rings (SSSR count). The molecule has 0 heterocycles. The maximum Gasteiger partial charge on any atom is 0.244 e. The maximum absolute atomic E-state index is 14.0. The smallest absolute Gasteiger partial charge is 0.244 e. The number of thioether (sulfide) groups is 1. The summed E-state index contributed by atoms with van der Waals surface area (Å²) in [6.07, 6.45) is 5.22. The number of nitrogens with one attached hydrogen (secondary N) is 1. The van der Waals surface area contributed by atoms with Gasteiger partial charge in [-0.25, -0.2) is 4.39 Å². The molecule has 2 aromatic carbocycles. The Hall–Kier alpha value is -2.11. The molecular weight excluding hydrogens is 337 g/mol. The lowest BCUT2D eigenvalue weighted by Crippen LogP contribution is -2.40. The average molecular weight is 359 g/mol. The van der Waals surface area contributed by atoms with Gasteiger partial charge in [0.2, 0.25) is 5.91 Å². The highest BCUT2D eigenvalue weighted by Gasteiger charge is 2.29. The van der Waals surface area contributed by atoms with E-state index < -0.39 is 5.60 Å². The highest BCUT2D eigenvalue weighted by atomic mass is 32.2. The van der Waals surface area contributed by atoms with Crippen molar-refractivity contribution in [1.82, 2.24) is 5.32 Å². The van der Waals surface area contributed by atoms with Gasteiger partial charge < -0.3 is 10.1 Å². The Morgan fingerprint density at radius 2 is 1.92 bits per heavy atom. The molecule has 0 fully saturated rings. The molecule has 0 aliphatic rings. The van der Waals surface area contributed by atoms with Crippen molar-refractivity contribution in [3.05, 3.63) is 71.6 Å². The number of methoxy groups -OCH3 is 1. The molecular formula is C20H22FNO2S. The summed E-state index contributed by atoms with van der Waals surface area (Å²) in [6, 6.07) is 14.3. The van der Waals surface area contributed by atoms with Gasteiger partial charge in [0, 0.05) is 23.6 Å². The summed E-state index contributed by atoms with van der Waals surface area (Å²) in [5.74, 6) is -0.612. The molecule has 5 heteroatoms. The van der Waals surface area contributed by atoms with Crippen molar-refractivity contribution in [2.45, 2.75) is 17.4 Å². The zero-order valence-electron chi connectivity index (χ0n) is 14.6. The first-order valence-electron chi connectivity index (χ1n) is 7.88. The van der Waals surface area contributed by atoms with Gasteiger partial charge in [-0.3, -0.25) is 4.79 Å². The van der Waals surface area contributed by atoms with E-state index in [4.69, 9.17) is 4.74 Å². The van der Waals surface area contributed by atoms with Crippen LogP contribution in [0, 0.1) is 5.82 Å². The Kier molecular flexibility index (Phi) is 6.79. The van der Waals surface area contributed by atoms with Crippen LogP contribution in [0.5, 0.6) is 0 Å². The quantitative estimate of drug-likeness (QED) is 0.594. The molecule has 2 aromatic rings. The first-order chi connectivity index (χ1) is 12.0. The second-order valence-electron chi connectivity index (χ2n) is 5.74. The molecule has 0 bridgehead atoms. The summed E-state index contributed by atoms with van der Waals surface area (Å²) in [5, 5.41) is 2.77. The van der Waals surface area contributed by atoms with Crippen LogP contribution >= 0.6 is 11.8 Å². The second-order valence-corrected chi connectivity index (χ2v) is 6.62. The van der Waals surface area contributed by atoms with E-state index in [2.05, 4.69) is 5.32 Å². The minimum absolute atomic E-state index is 0.166. The van der Waals surface area contributed by atoms with Crippen molar-refractivity contribution >= 4 is 23.7 Å². The Balaban J connectivity index is 1.99. The van der Waals surface area contributed by atoms with Crippen LogP contribution < -0.4 is 5.32 Å². The number of ether oxygens (including phenoxy) is 1. The minimum Gasteiger partial charge on any atom is -0.372 e. The van der Waals surface area contributed by atoms with Crippen LogP contribution in [0.2, 0.25) is 0 Å². The Labute approximate surface area is 152 Å². The van der Waals surface area contributed by atoms with Gasteiger partial charge in [-0.2, -0.15) is 0 Å². The SMILES string of the molecule is COC(C)(CNC(=O)/C=C/c1ccc(SC)cc1)c1ccccc1F. The molecule has 25 heavy (non-hydrogen) atoms. The fourth-order valence-corrected chi connectivity index (χ4v) is 2.78. The Morgan fingerprint density at radius 1 is 1.24 bits per heavy atom. The molecule has 1 unspecified atom stereocenters. The molecule has 0 saturated heterocycles. The molecule has 1 amide bonds. The molecule has 0 aliphatic carbocycles. The van der Waals surface area contributed by atoms with Gasteiger partial charge in [0.1, 0.15) is 11.4 Å². The van der Waals surface area contributed by atoms with E-state index in [-0.39, 0.29) is 18.3 Å². The summed E-state index contributed by atoms with van der Waals surface area (Å²) in [5.41, 5.74) is 0.417. The van der Waals surface area contributed by atoms with E-state index >= 15 is 0 Å². The van der Waals surface area contributed by atoms with Gasteiger partial charge in [0.05, 0.1) is 6.54 Å². The lowest BCUT2D eigenvalue weighted by molar-refractivity contribution is -0.118. The first kappa shape index (κ1) is 19.2. The molecule has 0 saturated carbocycles. The van der Waals surface area contributed by atoms with Crippen molar-refractivity contribution in [2.24, 2.45) is 0 Å². The molecule has 1 atom stereocenters. The number of rotatable bonds is 7. The molecule has 0 aliphatic heterocycles. The van der Waals surface area contributed by atoms with E-state index in [1.165, 1.54) is 24.1 Å².